The minimum absolute atomic E-state index is 0.171. The molecule has 8 nitrogen and oxygen atoms in total. The molecule has 1 heterocycles. The van der Waals surface area contributed by atoms with E-state index in [1.807, 2.05) is 0 Å². The van der Waals surface area contributed by atoms with Crippen molar-refractivity contribution in [3.05, 3.63) is 24.3 Å². The summed E-state index contributed by atoms with van der Waals surface area (Å²) in [5, 5.41) is 11.0. The Kier molecular flexibility index (Phi) is 6.71. The highest BCUT2D eigenvalue weighted by molar-refractivity contribution is 6.39. The lowest BCUT2D eigenvalue weighted by Gasteiger charge is -2.26. The van der Waals surface area contributed by atoms with E-state index in [9.17, 15) is 14.4 Å². The molecule has 0 aliphatic carbocycles. The van der Waals surface area contributed by atoms with E-state index in [1.165, 1.54) is 6.92 Å². The highest BCUT2D eigenvalue weighted by atomic mass is 16.2. The Labute approximate surface area is 141 Å². The number of rotatable bonds is 5. The second kappa shape index (κ2) is 8.99. The van der Waals surface area contributed by atoms with Crippen molar-refractivity contribution >= 4 is 29.1 Å². The van der Waals surface area contributed by atoms with Crippen LogP contribution in [0.25, 0.3) is 0 Å². The number of anilines is 2. The summed E-state index contributed by atoms with van der Waals surface area (Å²) in [6, 6.07) is 6.55. The average molecular weight is 333 g/mol. The van der Waals surface area contributed by atoms with Crippen LogP contribution in [-0.4, -0.2) is 61.9 Å². The molecule has 130 valence electrons. The van der Waals surface area contributed by atoms with Crippen LogP contribution in [0.15, 0.2) is 24.3 Å². The Balaban J connectivity index is 1.72. The van der Waals surface area contributed by atoms with Crippen LogP contribution in [0.2, 0.25) is 0 Å². The number of nitrogens with zero attached hydrogens (tertiary/aromatic N) is 1. The third-order valence-electron chi connectivity index (χ3n) is 3.59. The van der Waals surface area contributed by atoms with E-state index in [2.05, 4.69) is 26.2 Å². The number of piperazine rings is 1. The number of carbonyl (C=O) groups excluding carboxylic acids is 3. The topological polar surface area (TPSA) is 103 Å². The number of hydrogen-bond acceptors (Lipinski definition) is 5. The minimum atomic E-state index is -0.706. The van der Waals surface area contributed by atoms with Crippen molar-refractivity contribution in [3.8, 4) is 0 Å². The van der Waals surface area contributed by atoms with E-state index in [-0.39, 0.29) is 5.91 Å². The van der Waals surface area contributed by atoms with Gasteiger partial charge in [-0.05, 0) is 24.3 Å². The lowest BCUT2D eigenvalue weighted by molar-refractivity contribution is -0.136. The molecule has 0 atom stereocenters. The first-order chi connectivity index (χ1) is 11.5. The van der Waals surface area contributed by atoms with E-state index < -0.39 is 11.8 Å². The van der Waals surface area contributed by atoms with Crippen molar-refractivity contribution in [1.29, 1.82) is 0 Å². The number of nitrogens with one attached hydrogen (secondary N) is 4. The summed E-state index contributed by atoms with van der Waals surface area (Å²) in [6.07, 6.45) is 0. The first-order valence-corrected chi connectivity index (χ1v) is 7.94. The van der Waals surface area contributed by atoms with Crippen LogP contribution in [-0.2, 0) is 14.4 Å². The SMILES string of the molecule is CC(=O)Nc1ccc(NC(=O)C(=O)NCCN2CCNCC2)cc1. The van der Waals surface area contributed by atoms with E-state index in [0.717, 1.165) is 32.7 Å². The Bertz CT molecular complexity index is 582. The molecule has 0 saturated carbocycles. The van der Waals surface area contributed by atoms with Gasteiger partial charge in [-0.1, -0.05) is 0 Å². The molecule has 1 fully saturated rings. The van der Waals surface area contributed by atoms with Gasteiger partial charge in [-0.2, -0.15) is 0 Å². The van der Waals surface area contributed by atoms with Gasteiger partial charge in [0.05, 0.1) is 0 Å². The zero-order valence-corrected chi connectivity index (χ0v) is 13.7. The number of hydrogen-bond donors (Lipinski definition) is 4. The maximum atomic E-state index is 11.8. The van der Waals surface area contributed by atoms with Gasteiger partial charge in [-0.15, -0.1) is 0 Å². The summed E-state index contributed by atoms with van der Waals surface area (Å²) in [5.74, 6) is -1.53. The Hall–Kier alpha value is -2.45. The minimum Gasteiger partial charge on any atom is -0.347 e. The molecule has 0 unspecified atom stereocenters. The van der Waals surface area contributed by atoms with Gasteiger partial charge in [-0.3, -0.25) is 19.3 Å². The Morgan fingerprint density at radius 1 is 1.00 bits per heavy atom. The van der Waals surface area contributed by atoms with Gasteiger partial charge in [0.1, 0.15) is 0 Å². The molecule has 1 saturated heterocycles. The van der Waals surface area contributed by atoms with Crippen molar-refractivity contribution in [2.24, 2.45) is 0 Å². The van der Waals surface area contributed by atoms with Gasteiger partial charge in [-0.25, -0.2) is 0 Å². The fourth-order valence-corrected chi connectivity index (χ4v) is 2.37. The summed E-state index contributed by atoms with van der Waals surface area (Å²) in [4.78, 5) is 36.8. The molecule has 1 aliphatic heterocycles. The first kappa shape index (κ1) is 17.9. The molecule has 1 aromatic carbocycles. The highest BCUT2D eigenvalue weighted by Gasteiger charge is 2.14. The summed E-state index contributed by atoms with van der Waals surface area (Å²) >= 11 is 0. The largest absolute Gasteiger partial charge is 0.347 e. The maximum absolute atomic E-state index is 11.8. The van der Waals surface area contributed by atoms with Gasteiger partial charge in [0.2, 0.25) is 5.91 Å². The predicted molar refractivity (Wildman–Crippen MR) is 91.7 cm³/mol. The first-order valence-electron chi connectivity index (χ1n) is 7.94. The van der Waals surface area contributed by atoms with Crippen LogP contribution >= 0.6 is 0 Å². The molecule has 4 N–H and O–H groups in total. The number of carbonyl (C=O) groups is 3. The van der Waals surface area contributed by atoms with Crippen LogP contribution in [0, 0.1) is 0 Å². The fourth-order valence-electron chi connectivity index (χ4n) is 2.37. The van der Waals surface area contributed by atoms with Crippen LogP contribution < -0.4 is 21.3 Å². The van der Waals surface area contributed by atoms with Crippen molar-refractivity contribution in [2.45, 2.75) is 6.92 Å². The second-order valence-corrected chi connectivity index (χ2v) is 5.56. The van der Waals surface area contributed by atoms with Crippen LogP contribution in [0.5, 0.6) is 0 Å². The van der Waals surface area contributed by atoms with Gasteiger partial charge in [0.15, 0.2) is 0 Å². The molecular weight excluding hydrogens is 310 g/mol. The smallest absolute Gasteiger partial charge is 0.313 e. The predicted octanol–water partition coefficient (Wildman–Crippen LogP) is -0.395. The molecule has 8 heteroatoms. The molecule has 0 spiro atoms. The third kappa shape index (κ3) is 5.98. The summed E-state index contributed by atoms with van der Waals surface area (Å²) in [7, 11) is 0. The van der Waals surface area contributed by atoms with E-state index in [0.29, 0.717) is 17.9 Å². The fraction of sp³-hybridized carbons (Fsp3) is 0.438. The zero-order valence-electron chi connectivity index (χ0n) is 13.7. The number of amides is 3. The molecule has 3 amide bonds. The van der Waals surface area contributed by atoms with Gasteiger partial charge in [0, 0.05) is 57.6 Å². The zero-order chi connectivity index (χ0) is 17.4. The Morgan fingerprint density at radius 3 is 2.17 bits per heavy atom. The molecular formula is C16H23N5O3. The summed E-state index contributed by atoms with van der Waals surface area (Å²) < 4.78 is 0. The van der Waals surface area contributed by atoms with E-state index in [1.54, 1.807) is 24.3 Å². The van der Waals surface area contributed by atoms with Gasteiger partial charge >= 0.3 is 11.8 Å². The summed E-state index contributed by atoms with van der Waals surface area (Å²) in [6.45, 7) is 6.37. The highest BCUT2D eigenvalue weighted by Crippen LogP contribution is 2.13. The molecule has 24 heavy (non-hydrogen) atoms. The normalized spacial score (nSPS) is 14.7. The van der Waals surface area contributed by atoms with Gasteiger partial charge in [0.25, 0.3) is 0 Å². The molecule has 2 rings (SSSR count). The van der Waals surface area contributed by atoms with E-state index >= 15 is 0 Å². The average Bonchev–Trinajstić information content (AvgIpc) is 2.57. The molecule has 0 aromatic heterocycles. The lowest BCUT2D eigenvalue weighted by Crippen LogP contribution is -2.47. The number of benzene rings is 1. The monoisotopic (exact) mass is 333 g/mol. The van der Waals surface area contributed by atoms with Crippen LogP contribution in [0.4, 0.5) is 11.4 Å². The van der Waals surface area contributed by atoms with Crippen LogP contribution in [0.3, 0.4) is 0 Å². The quantitative estimate of drug-likeness (QED) is 0.550. The van der Waals surface area contributed by atoms with Crippen molar-refractivity contribution < 1.29 is 14.4 Å². The molecule has 1 aliphatic rings. The Morgan fingerprint density at radius 2 is 1.58 bits per heavy atom. The van der Waals surface area contributed by atoms with Crippen molar-refractivity contribution in [2.75, 3.05) is 49.9 Å². The van der Waals surface area contributed by atoms with Crippen molar-refractivity contribution in [3.63, 3.8) is 0 Å². The molecule has 0 bridgehead atoms. The maximum Gasteiger partial charge on any atom is 0.313 e. The standard InChI is InChI=1S/C16H23N5O3/c1-12(22)19-13-2-4-14(5-3-13)20-16(24)15(23)18-8-11-21-9-6-17-7-10-21/h2-5,17H,6-11H2,1H3,(H,18,23)(H,19,22)(H,20,24). The summed E-state index contributed by atoms with van der Waals surface area (Å²) in [5.41, 5.74) is 1.12. The molecule has 0 radical (unpaired) electrons. The lowest BCUT2D eigenvalue weighted by atomic mass is 10.2. The van der Waals surface area contributed by atoms with Gasteiger partial charge < -0.3 is 21.3 Å². The second-order valence-electron chi connectivity index (χ2n) is 5.56. The van der Waals surface area contributed by atoms with E-state index in [4.69, 9.17) is 0 Å². The third-order valence-corrected chi connectivity index (χ3v) is 3.59. The van der Waals surface area contributed by atoms with Crippen molar-refractivity contribution in [1.82, 2.24) is 15.5 Å². The molecule has 1 aromatic rings. The van der Waals surface area contributed by atoms with Crippen LogP contribution in [0.1, 0.15) is 6.92 Å².